The van der Waals surface area contributed by atoms with E-state index in [-0.39, 0.29) is 12.2 Å². The van der Waals surface area contributed by atoms with Gasteiger partial charge in [0.15, 0.2) is 0 Å². The lowest BCUT2D eigenvalue weighted by atomic mass is 10.1. The van der Waals surface area contributed by atoms with Crippen molar-refractivity contribution in [3.05, 3.63) is 71.3 Å². The molecule has 1 N–H and O–H groups in total. The van der Waals surface area contributed by atoms with Crippen LogP contribution in [0.2, 0.25) is 5.02 Å². The molecule has 1 aliphatic heterocycles. The molecule has 0 saturated carbocycles. The number of methoxy groups -OCH3 is 1. The van der Waals surface area contributed by atoms with Crippen molar-refractivity contribution < 1.29 is 23.9 Å². The van der Waals surface area contributed by atoms with Gasteiger partial charge in [-0.25, -0.2) is 9.69 Å². The van der Waals surface area contributed by atoms with Crippen molar-refractivity contribution in [1.82, 2.24) is 5.32 Å². The molecule has 1 heterocycles. The van der Waals surface area contributed by atoms with E-state index in [0.717, 1.165) is 4.90 Å². The van der Waals surface area contributed by atoms with Crippen LogP contribution >= 0.6 is 11.6 Å². The SMILES string of the molecule is C=CCOc1ccc(Cl)cc1/C=C1\C(=O)NC(=O)N(c2ccc(OC)cc2)C1=O. The van der Waals surface area contributed by atoms with Crippen LogP contribution in [-0.2, 0) is 9.59 Å². The Kier molecular flexibility index (Phi) is 5.99. The molecule has 0 atom stereocenters. The van der Waals surface area contributed by atoms with E-state index in [1.54, 1.807) is 48.5 Å². The third-order valence-electron chi connectivity index (χ3n) is 4.06. The van der Waals surface area contributed by atoms with Gasteiger partial charge in [-0.3, -0.25) is 14.9 Å². The maximum Gasteiger partial charge on any atom is 0.335 e. The lowest BCUT2D eigenvalue weighted by molar-refractivity contribution is -0.122. The highest BCUT2D eigenvalue weighted by atomic mass is 35.5. The van der Waals surface area contributed by atoms with Gasteiger partial charge in [-0.2, -0.15) is 0 Å². The summed E-state index contributed by atoms with van der Waals surface area (Å²) in [6, 6.07) is 10.3. The number of carbonyl (C=O) groups is 3. The average molecular weight is 413 g/mol. The second-order valence-corrected chi connectivity index (χ2v) is 6.37. The number of amides is 4. The van der Waals surface area contributed by atoms with Gasteiger partial charge in [0.1, 0.15) is 23.7 Å². The number of hydrogen-bond acceptors (Lipinski definition) is 5. The first-order chi connectivity index (χ1) is 13.9. The zero-order valence-electron chi connectivity index (χ0n) is 15.5. The minimum absolute atomic E-state index is 0.230. The van der Waals surface area contributed by atoms with Crippen molar-refractivity contribution in [1.29, 1.82) is 0 Å². The molecule has 2 aromatic rings. The normalized spacial score (nSPS) is 15.3. The van der Waals surface area contributed by atoms with Crippen molar-refractivity contribution in [2.24, 2.45) is 0 Å². The zero-order valence-corrected chi connectivity index (χ0v) is 16.2. The summed E-state index contributed by atoms with van der Waals surface area (Å²) in [5.74, 6) is -0.596. The van der Waals surface area contributed by atoms with Crippen molar-refractivity contribution >= 4 is 41.2 Å². The Balaban J connectivity index is 2.01. The maximum absolute atomic E-state index is 13.0. The van der Waals surface area contributed by atoms with Crippen LogP contribution in [0.1, 0.15) is 5.56 Å². The molecule has 1 aliphatic rings. The molecule has 0 bridgehead atoms. The monoisotopic (exact) mass is 412 g/mol. The Morgan fingerprint density at radius 1 is 1.14 bits per heavy atom. The molecule has 0 unspecified atom stereocenters. The number of anilines is 1. The van der Waals surface area contributed by atoms with Crippen molar-refractivity contribution in [2.75, 3.05) is 18.6 Å². The van der Waals surface area contributed by atoms with E-state index in [4.69, 9.17) is 21.1 Å². The largest absolute Gasteiger partial charge is 0.497 e. The molecule has 148 valence electrons. The number of imide groups is 2. The van der Waals surface area contributed by atoms with Gasteiger partial charge in [0.25, 0.3) is 11.8 Å². The summed E-state index contributed by atoms with van der Waals surface area (Å²) >= 11 is 6.05. The standard InChI is InChI=1S/C21H17ClN2O5/c1-3-10-29-18-9-4-14(22)11-13(18)12-17-19(25)23-21(27)24(20(17)26)15-5-7-16(28-2)8-6-15/h3-9,11-12H,1,10H2,2H3,(H,23,25,27)/b17-12+. The topological polar surface area (TPSA) is 84.9 Å². The molecule has 0 radical (unpaired) electrons. The number of halogens is 1. The molecule has 1 fully saturated rings. The second kappa shape index (κ2) is 8.62. The number of benzene rings is 2. The van der Waals surface area contributed by atoms with Gasteiger partial charge in [-0.1, -0.05) is 24.3 Å². The summed E-state index contributed by atoms with van der Waals surface area (Å²) in [7, 11) is 1.50. The van der Waals surface area contributed by atoms with E-state index in [2.05, 4.69) is 11.9 Å². The number of nitrogens with one attached hydrogen (secondary N) is 1. The van der Waals surface area contributed by atoms with Gasteiger partial charge in [0.2, 0.25) is 0 Å². The molecular weight excluding hydrogens is 396 g/mol. The number of hydrogen-bond donors (Lipinski definition) is 1. The van der Waals surface area contributed by atoms with Crippen LogP contribution in [0.15, 0.2) is 60.7 Å². The molecule has 2 aromatic carbocycles. The summed E-state index contributed by atoms with van der Waals surface area (Å²) in [6.07, 6.45) is 2.90. The van der Waals surface area contributed by atoms with E-state index in [1.807, 2.05) is 0 Å². The highest BCUT2D eigenvalue weighted by Gasteiger charge is 2.37. The molecule has 0 aromatic heterocycles. The maximum atomic E-state index is 13.0. The van der Waals surface area contributed by atoms with E-state index in [1.165, 1.54) is 13.2 Å². The van der Waals surface area contributed by atoms with Gasteiger partial charge in [0, 0.05) is 10.6 Å². The first-order valence-electron chi connectivity index (χ1n) is 8.53. The zero-order chi connectivity index (χ0) is 21.0. The lowest BCUT2D eigenvalue weighted by Gasteiger charge is -2.26. The lowest BCUT2D eigenvalue weighted by Crippen LogP contribution is -2.54. The summed E-state index contributed by atoms with van der Waals surface area (Å²) in [4.78, 5) is 38.5. The quantitative estimate of drug-likeness (QED) is 0.445. The predicted molar refractivity (Wildman–Crippen MR) is 109 cm³/mol. The number of carbonyl (C=O) groups excluding carboxylic acids is 3. The fourth-order valence-electron chi connectivity index (χ4n) is 2.69. The molecule has 4 amide bonds. The minimum atomic E-state index is -0.837. The Morgan fingerprint density at radius 3 is 2.52 bits per heavy atom. The van der Waals surface area contributed by atoms with Crippen LogP contribution in [0.25, 0.3) is 6.08 Å². The van der Waals surface area contributed by atoms with Crippen molar-refractivity contribution in [3.63, 3.8) is 0 Å². The number of ether oxygens (including phenoxy) is 2. The first kappa shape index (κ1) is 20.2. The highest BCUT2D eigenvalue weighted by molar-refractivity contribution is 6.39. The van der Waals surface area contributed by atoms with Crippen LogP contribution in [-0.4, -0.2) is 31.6 Å². The van der Waals surface area contributed by atoms with Crippen LogP contribution in [0.5, 0.6) is 11.5 Å². The molecular formula is C21H17ClN2O5. The molecule has 29 heavy (non-hydrogen) atoms. The third-order valence-corrected chi connectivity index (χ3v) is 4.30. The van der Waals surface area contributed by atoms with E-state index in [0.29, 0.717) is 27.8 Å². The van der Waals surface area contributed by atoms with Crippen molar-refractivity contribution in [2.45, 2.75) is 0 Å². The third kappa shape index (κ3) is 4.30. The number of urea groups is 1. The number of rotatable bonds is 6. The predicted octanol–water partition coefficient (Wildman–Crippen LogP) is 3.58. The van der Waals surface area contributed by atoms with E-state index >= 15 is 0 Å². The number of barbiturate groups is 1. The Hall–Kier alpha value is -3.58. The Labute approximate surface area is 172 Å². The molecule has 8 heteroatoms. The highest BCUT2D eigenvalue weighted by Crippen LogP contribution is 2.28. The van der Waals surface area contributed by atoms with Crippen molar-refractivity contribution in [3.8, 4) is 11.5 Å². The molecule has 1 saturated heterocycles. The van der Waals surface area contributed by atoms with Crippen LogP contribution in [0.3, 0.4) is 0 Å². The van der Waals surface area contributed by atoms with E-state index < -0.39 is 17.8 Å². The molecule has 0 aliphatic carbocycles. The van der Waals surface area contributed by atoms with Gasteiger partial charge >= 0.3 is 6.03 Å². The summed E-state index contributed by atoms with van der Waals surface area (Å²) in [6.45, 7) is 3.82. The summed E-state index contributed by atoms with van der Waals surface area (Å²) in [5.41, 5.74) is 0.481. The van der Waals surface area contributed by atoms with E-state index in [9.17, 15) is 14.4 Å². The van der Waals surface area contributed by atoms with Gasteiger partial charge in [0.05, 0.1) is 12.8 Å². The van der Waals surface area contributed by atoms with Gasteiger partial charge in [-0.15, -0.1) is 0 Å². The molecule has 3 rings (SSSR count). The van der Waals surface area contributed by atoms with Crippen LogP contribution < -0.4 is 19.7 Å². The molecule has 7 nitrogen and oxygen atoms in total. The Morgan fingerprint density at radius 2 is 1.86 bits per heavy atom. The Bertz CT molecular complexity index is 1010. The van der Waals surface area contributed by atoms with Gasteiger partial charge in [-0.05, 0) is 48.5 Å². The molecule has 0 spiro atoms. The second-order valence-electron chi connectivity index (χ2n) is 5.94. The number of nitrogens with zero attached hydrogens (tertiary/aromatic N) is 1. The fraction of sp³-hybridized carbons (Fsp3) is 0.0952. The fourth-order valence-corrected chi connectivity index (χ4v) is 2.87. The van der Waals surface area contributed by atoms with Crippen LogP contribution in [0, 0.1) is 0 Å². The first-order valence-corrected chi connectivity index (χ1v) is 8.91. The van der Waals surface area contributed by atoms with Gasteiger partial charge < -0.3 is 9.47 Å². The minimum Gasteiger partial charge on any atom is -0.497 e. The smallest absolute Gasteiger partial charge is 0.335 e. The van der Waals surface area contributed by atoms with Crippen LogP contribution in [0.4, 0.5) is 10.5 Å². The average Bonchev–Trinajstić information content (AvgIpc) is 2.71. The summed E-state index contributed by atoms with van der Waals surface area (Å²) < 4.78 is 10.6. The summed E-state index contributed by atoms with van der Waals surface area (Å²) in [5, 5.41) is 2.57.